The van der Waals surface area contributed by atoms with Crippen LogP contribution >= 0.6 is 0 Å². The number of nitrogens with zero attached hydrogens (tertiary/aromatic N) is 3. The second-order valence-corrected chi connectivity index (χ2v) is 6.69. The molecule has 110 valence electrons. The molecule has 1 fully saturated rings. The summed E-state index contributed by atoms with van der Waals surface area (Å²) in [6.45, 7) is 7.42. The molecule has 4 heteroatoms. The van der Waals surface area contributed by atoms with Crippen molar-refractivity contribution in [1.29, 1.82) is 5.26 Å². The number of imidazole rings is 1. The number of nitriles is 1. The highest BCUT2D eigenvalue weighted by Crippen LogP contribution is 2.28. The topological polar surface area (TPSA) is 50.8 Å². The van der Waals surface area contributed by atoms with Crippen LogP contribution in [-0.4, -0.2) is 22.3 Å². The SMILES string of the molecule is CC(C)(C)n1c(CC2CCCO2)nc2cc(C#N)ccc21. The Morgan fingerprint density at radius 1 is 1.43 bits per heavy atom. The molecule has 3 rings (SSSR count). The van der Waals surface area contributed by atoms with Crippen LogP contribution in [0.3, 0.4) is 0 Å². The van der Waals surface area contributed by atoms with Crippen LogP contribution in [0.4, 0.5) is 0 Å². The quantitative estimate of drug-likeness (QED) is 0.849. The van der Waals surface area contributed by atoms with Gasteiger partial charge in [0.05, 0.1) is 28.8 Å². The van der Waals surface area contributed by atoms with Crippen molar-refractivity contribution in [3.63, 3.8) is 0 Å². The molecule has 0 amide bonds. The average molecular weight is 283 g/mol. The van der Waals surface area contributed by atoms with E-state index in [1.54, 1.807) is 0 Å². The number of benzene rings is 1. The zero-order valence-corrected chi connectivity index (χ0v) is 12.9. The van der Waals surface area contributed by atoms with E-state index >= 15 is 0 Å². The van der Waals surface area contributed by atoms with Crippen molar-refractivity contribution in [1.82, 2.24) is 9.55 Å². The molecule has 21 heavy (non-hydrogen) atoms. The van der Waals surface area contributed by atoms with Gasteiger partial charge in [-0.15, -0.1) is 0 Å². The van der Waals surface area contributed by atoms with Gasteiger partial charge < -0.3 is 9.30 Å². The van der Waals surface area contributed by atoms with Crippen molar-refractivity contribution in [3.05, 3.63) is 29.6 Å². The number of hydrogen-bond donors (Lipinski definition) is 0. The Bertz CT molecular complexity index is 697. The molecular weight excluding hydrogens is 262 g/mol. The van der Waals surface area contributed by atoms with E-state index in [1.165, 1.54) is 0 Å². The van der Waals surface area contributed by atoms with E-state index < -0.39 is 0 Å². The fourth-order valence-corrected chi connectivity index (χ4v) is 3.09. The molecule has 0 N–H and O–H groups in total. The third-order valence-corrected chi connectivity index (χ3v) is 3.96. The van der Waals surface area contributed by atoms with Crippen molar-refractivity contribution in [3.8, 4) is 6.07 Å². The Kier molecular flexibility index (Phi) is 3.46. The third kappa shape index (κ3) is 2.66. The molecule has 1 aromatic carbocycles. The van der Waals surface area contributed by atoms with E-state index in [1.807, 2.05) is 18.2 Å². The lowest BCUT2D eigenvalue weighted by atomic mass is 10.1. The lowest BCUT2D eigenvalue weighted by Crippen LogP contribution is -2.26. The Balaban J connectivity index is 2.10. The van der Waals surface area contributed by atoms with Crippen LogP contribution in [0.1, 0.15) is 45.0 Å². The Morgan fingerprint density at radius 3 is 2.86 bits per heavy atom. The minimum atomic E-state index is -0.0448. The fraction of sp³-hybridized carbons (Fsp3) is 0.529. The number of fused-ring (bicyclic) bond motifs is 1. The van der Waals surface area contributed by atoms with Crippen LogP contribution in [0.2, 0.25) is 0 Å². The third-order valence-electron chi connectivity index (χ3n) is 3.96. The molecule has 1 atom stereocenters. The summed E-state index contributed by atoms with van der Waals surface area (Å²) in [5.41, 5.74) is 2.60. The lowest BCUT2D eigenvalue weighted by Gasteiger charge is -2.25. The minimum Gasteiger partial charge on any atom is -0.378 e. The van der Waals surface area contributed by atoms with E-state index in [4.69, 9.17) is 15.0 Å². The first-order valence-electron chi connectivity index (χ1n) is 7.52. The van der Waals surface area contributed by atoms with E-state index in [9.17, 15) is 0 Å². The molecule has 2 aromatic rings. The van der Waals surface area contributed by atoms with E-state index in [-0.39, 0.29) is 11.6 Å². The second-order valence-electron chi connectivity index (χ2n) is 6.69. The molecule has 1 aromatic heterocycles. The minimum absolute atomic E-state index is 0.0448. The summed E-state index contributed by atoms with van der Waals surface area (Å²) in [4.78, 5) is 4.78. The molecule has 1 aliphatic rings. The van der Waals surface area contributed by atoms with Crippen LogP contribution in [0.5, 0.6) is 0 Å². The van der Waals surface area contributed by atoms with Gasteiger partial charge in [-0.2, -0.15) is 5.26 Å². The van der Waals surface area contributed by atoms with Crippen LogP contribution in [0.15, 0.2) is 18.2 Å². The zero-order valence-electron chi connectivity index (χ0n) is 12.9. The molecule has 4 nitrogen and oxygen atoms in total. The van der Waals surface area contributed by atoms with E-state index in [0.29, 0.717) is 5.56 Å². The monoisotopic (exact) mass is 283 g/mol. The Morgan fingerprint density at radius 2 is 2.24 bits per heavy atom. The maximum Gasteiger partial charge on any atom is 0.112 e. The first kappa shape index (κ1) is 14.1. The molecule has 0 spiro atoms. The van der Waals surface area contributed by atoms with Gasteiger partial charge >= 0.3 is 0 Å². The van der Waals surface area contributed by atoms with Crippen LogP contribution in [0, 0.1) is 11.3 Å². The summed E-state index contributed by atoms with van der Waals surface area (Å²) in [7, 11) is 0. The number of rotatable bonds is 2. The molecule has 1 aliphatic heterocycles. The van der Waals surface area contributed by atoms with Gasteiger partial charge in [0.1, 0.15) is 5.82 Å². The number of ether oxygens (including phenoxy) is 1. The maximum atomic E-state index is 9.06. The summed E-state index contributed by atoms with van der Waals surface area (Å²) >= 11 is 0. The van der Waals surface area contributed by atoms with Gasteiger partial charge in [-0.3, -0.25) is 0 Å². The first-order chi connectivity index (χ1) is 9.99. The van der Waals surface area contributed by atoms with E-state index in [2.05, 4.69) is 31.4 Å². The van der Waals surface area contributed by atoms with E-state index in [0.717, 1.165) is 42.7 Å². The molecule has 0 aliphatic carbocycles. The molecular formula is C17H21N3O. The highest BCUT2D eigenvalue weighted by Gasteiger charge is 2.25. The largest absolute Gasteiger partial charge is 0.378 e. The van der Waals surface area contributed by atoms with Gasteiger partial charge in [0.15, 0.2) is 0 Å². The molecule has 1 saturated heterocycles. The van der Waals surface area contributed by atoms with Gasteiger partial charge in [0.2, 0.25) is 0 Å². The van der Waals surface area contributed by atoms with Gasteiger partial charge in [0.25, 0.3) is 0 Å². The van der Waals surface area contributed by atoms with Crippen LogP contribution in [-0.2, 0) is 16.7 Å². The molecule has 0 saturated carbocycles. The lowest BCUT2D eigenvalue weighted by molar-refractivity contribution is 0.108. The summed E-state index contributed by atoms with van der Waals surface area (Å²) < 4.78 is 8.04. The van der Waals surface area contributed by atoms with Crippen LogP contribution < -0.4 is 0 Å². The number of aromatic nitrogens is 2. The summed E-state index contributed by atoms with van der Waals surface area (Å²) in [5, 5.41) is 9.06. The molecule has 0 bridgehead atoms. The van der Waals surface area contributed by atoms with Crippen LogP contribution in [0.25, 0.3) is 11.0 Å². The highest BCUT2D eigenvalue weighted by atomic mass is 16.5. The molecule has 0 radical (unpaired) electrons. The summed E-state index contributed by atoms with van der Waals surface area (Å²) in [6, 6.07) is 7.93. The first-order valence-corrected chi connectivity index (χ1v) is 7.52. The zero-order chi connectivity index (χ0) is 15.0. The van der Waals surface area contributed by atoms with Crippen molar-refractivity contribution in [2.75, 3.05) is 6.61 Å². The standard InChI is InChI=1S/C17H21N3O/c1-17(2,3)20-15-7-6-12(11-18)9-14(15)19-16(20)10-13-5-4-8-21-13/h6-7,9,13H,4-5,8,10H2,1-3H3. The molecule has 2 heterocycles. The highest BCUT2D eigenvalue weighted by molar-refractivity contribution is 5.78. The van der Waals surface area contributed by atoms with Gasteiger partial charge in [-0.25, -0.2) is 4.98 Å². The number of hydrogen-bond acceptors (Lipinski definition) is 3. The van der Waals surface area contributed by atoms with Crippen molar-refractivity contribution < 1.29 is 4.74 Å². The van der Waals surface area contributed by atoms with Crippen molar-refractivity contribution in [2.24, 2.45) is 0 Å². The predicted molar refractivity (Wildman–Crippen MR) is 82.1 cm³/mol. The Labute approximate surface area is 125 Å². The van der Waals surface area contributed by atoms with Crippen molar-refractivity contribution in [2.45, 2.75) is 51.7 Å². The summed E-state index contributed by atoms with van der Waals surface area (Å²) in [5.74, 6) is 1.06. The average Bonchev–Trinajstić information content (AvgIpc) is 3.03. The summed E-state index contributed by atoms with van der Waals surface area (Å²) in [6.07, 6.45) is 3.36. The van der Waals surface area contributed by atoms with Crippen molar-refractivity contribution >= 4 is 11.0 Å². The fourth-order valence-electron chi connectivity index (χ4n) is 3.09. The predicted octanol–water partition coefficient (Wildman–Crippen LogP) is 3.38. The smallest absolute Gasteiger partial charge is 0.112 e. The van der Waals surface area contributed by atoms with Gasteiger partial charge in [0, 0.05) is 18.6 Å². The maximum absolute atomic E-state index is 9.06. The molecule has 1 unspecified atom stereocenters. The van der Waals surface area contributed by atoms with Gasteiger partial charge in [-0.05, 0) is 51.8 Å². The Hall–Kier alpha value is -1.86. The normalized spacial score (nSPS) is 19.0. The van der Waals surface area contributed by atoms with Gasteiger partial charge in [-0.1, -0.05) is 0 Å². The second kappa shape index (κ2) is 5.16.